The van der Waals surface area contributed by atoms with E-state index in [0.29, 0.717) is 39.1 Å². The lowest BCUT2D eigenvalue weighted by Gasteiger charge is -2.34. The lowest BCUT2D eigenvalue weighted by atomic mass is 10.1. The molecule has 6 heteroatoms. The van der Waals surface area contributed by atoms with Gasteiger partial charge in [-0.15, -0.1) is 0 Å². The van der Waals surface area contributed by atoms with E-state index in [4.69, 9.17) is 5.73 Å². The lowest BCUT2D eigenvalue weighted by Crippen LogP contribution is -2.49. The Balaban J connectivity index is 1.89. The van der Waals surface area contributed by atoms with Gasteiger partial charge in [-0.1, -0.05) is 12.1 Å². The Kier molecular flexibility index (Phi) is 4.68. The number of nitrogens with two attached hydrogens (primary N) is 1. The van der Waals surface area contributed by atoms with Crippen molar-refractivity contribution in [3.8, 4) is 0 Å². The van der Waals surface area contributed by atoms with Crippen LogP contribution in [-0.2, 0) is 4.79 Å². The van der Waals surface area contributed by atoms with Crippen LogP contribution in [0, 0.1) is 5.82 Å². The van der Waals surface area contributed by atoms with Gasteiger partial charge in [0.25, 0.3) is 5.91 Å². The van der Waals surface area contributed by atoms with E-state index in [-0.39, 0.29) is 17.4 Å². The zero-order valence-corrected chi connectivity index (χ0v) is 11.2. The first-order chi connectivity index (χ1) is 9.58. The van der Waals surface area contributed by atoms with Crippen molar-refractivity contribution in [3.05, 3.63) is 35.6 Å². The minimum Gasteiger partial charge on any atom is -0.370 e. The molecule has 1 aromatic rings. The van der Waals surface area contributed by atoms with Gasteiger partial charge in [0.2, 0.25) is 5.91 Å². The first-order valence-corrected chi connectivity index (χ1v) is 6.62. The normalized spacial score (nSPS) is 16.1. The predicted molar refractivity (Wildman–Crippen MR) is 72.6 cm³/mol. The topological polar surface area (TPSA) is 66.6 Å². The fourth-order valence-electron chi connectivity index (χ4n) is 2.25. The summed E-state index contributed by atoms with van der Waals surface area (Å²) in [5, 5.41) is 0. The number of primary amides is 1. The smallest absolute Gasteiger partial charge is 0.256 e. The van der Waals surface area contributed by atoms with Gasteiger partial charge in [0.05, 0.1) is 5.56 Å². The summed E-state index contributed by atoms with van der Waals surface area (Å²) in [6, 6.07) is 6.00. The maximum atomic E-state index is 13.6. The van der Waals surface area contributed by atoms with Crippen LogP contribution in [0.15, 0.2) is 24.3 Å². The second kappa shape index (κ2) is 6.47. The Morgan fingerprint density at radius 1 is 1.15 bits per heavy atom. The number of carbonyl (C=O) groups is 2. The molecule has 1 fully saturated rings. The number of benzene rings is 1. The number of amides is 2. The summed E-state index contributed by atoms with van der Waals surface area (Å²) in [4.78, 5) is 26.6. The van der Waals surface area contributed by atoms with E-state index in [1.807, 2.05) is 0 Å². The standard InChI is InChI=1S/C14H18FN3O2/c15-12-4-2-1-3-11(12)14(20)18-9-7-17(8-10-18)6-5-13(16)19/h1-4H,5-10H2,(H2,16,19). The number of hydrogen-bond donors (Lipinski definition) is 1. The van der Waals surface area contributed by atoms with Crippen LogP contribution in [0.25, 0.3) is 0 Å². The second-order valence-corrected chi connectivity index (χ2v) is 4.83. The molecule has 1 heterocycles. The summed E-state index contributed by atoms with van der Waals surface area (Å²) in [5.74, 6) is -1.10. The molecule has 2 N–H and O–H groups in total. The third-order valence-electron chi connectivity index (χ3n) is 3.44. The van der Waals surface area contributed by atoms with Gasteiger partial charge in [-0.05, 0) is 12.1 Å². The van der Waals surface area contributed by atoms with Gasteiger partial charge < -0.3 is 10.6 Å². The number of hydrogen-bond acceptors (Lipinski definition) is 3. The fourth-order valence-corrected chi connectivity index (χ4v) is 2.25. The number of nitrogens with zero attached hydrogens (tertiary/aromatic N) is 2. The molecule has 0 aliphatic carbocycles. The Morgan fingerprint density at radius 2 is 1.80 bits per heavy atom. The molecule has 0 aromatic heterocycles. The quantitative estimate of drug-likeness (QED) is 0.870. The third kappa shape index (κ3) is 3.54. The van der Waals surface area contributed by atoms with Crippen LogP contribution in [0.3, 0.4) is 0 Å². The summed E-state index contributed by atoms with van der Waals surface area (Å²) < 4.78 is 13.6. The molecule has 1 aliphatic rings. The van der Waals surface area contributed by atoms with Gasteiger partial charge >= 0.3 is 0 Å². The Labute approximate surface area is 117 Å². The molecule has 0 bridgehead atoms. The van der Waals surface area contributed by atoms with E-state index in [9.17, 15) is 14.0 Å². The van der Waals surface area contributed by atoms with Crippen molar-refractivity contribution in [2.45, 2.75) is 6.42 Å². The minimum atomic E-state index is -0.492. The number of halogens is 1. The van der Waals surface area contributed by atoms with Crippen LogP contribution in [-0.4, -0.2) is 54.3 Å². The van der Waals surface area contributed by atoms with Crippen molar-refractivity contribution >= 4 is 11.8 Å². The van der Waals surface area contributed by atoms with Crippen LogP contribution >= 0.6 is 0 Å². The molecular formula is C14H18FN3O2. The van der Waals surface area contributed by atoms with Gasteiger partial charge in [0.15, 0.2) is 0 Å². The average molecular weight is 279 g/mol. The molecule has 2 rings (SSSR count). The van der Waals surface area contributed by atoms with Crippen LogP contribution in [0.1, 0.15) is 16.8 Å². The molecule has 0 atom stereocenters. The first-order valence-electron chi connectivity index (χ1n) is 6.62. The Bertz CT molecular complexity index is 499. The SMILES string of the molecule is NC(=O)CCN1CCN(C(=O)c2ccccc2F)CC1. The van der Waals surface area contributed by atoms with Crippen molar-refractivity contribution in [2.75, 3.05) is 32.7 Å². The van der Waals surface area contributed by atoms with Crippen molar-refractivity contribution in [1.29, 1.82) is 0 Å². The number of carbonyl (C=O) groups excluding carboxylic acids is 2. The van der Waals surface area contributed by atoms with Gasteiger partial charge in [0.1, 0.15) is 5.82 Å². The zero-order valence-electron chi connectivity index (χ0n) is 11.2. The molecule has 0 unspecified atom stereocenters. The molecule has 5 nitrogen and oxygen atoms in total. The van der Waals surface area contributed by atoms with Crippen molar-refractivity contribution in [3.63, 3.8) is 0 Å². The van der Waals surface area contributed by atoms with E-state index in [1.54, 1.807) is 17.0 Å². The summed E-state index contributed by atoms with van der Waals surface area (Å²) in [6.07, 6.45) is 0.321. The molecule has 108 valence electrons. The van der Waals surface area contributed by atoms with Crippen molar-refractivity contribution < 1.29 is 14.0 Å². The lowest BCUT2D eigenvalue weighted by molar-refractivity contribution is -0.118. The summed E-state index contributed by atoms with van der Waals surface area (Å²) in [5.41, 5.74) is 5.22. The number of piperazine rings is 1. The largest absolute Gasteiger partial charge is 0.370 e. The third-order valence-corrected chi connectivity index (χ3v) is 3.44. The molecule has 0 saturated carbocycles. The van der Waals surface area contributed by atoms with Crippen molar-refractivity contribution in [2.24, 2.45) is 5.73 Å². The maximum absolute atomic E-state index is 13.6. The average Bonchev–Trinajstić information content (AvgIpc) is 2.45. The molecule has 1 aliphatic heterocycles. The van der Waals surface area contributed by atoms with E-state index in [2.05, 4.69) is 4.90 Å². The highest BCUT2D eigenvalue weighted by Gasteiger charge is 2.23. The highest BCUT2D eigenvalue weighted by atomic mass is 19.1. The highest BCUT2D eigenvalue weighted by Crippen LogP contribution is 2.12. The minimum absolute atomic E-state index is 0.109. The summed E-state index contributed by atoms with van der Waals surface area (Å²) in [6.45, 7) is 3.02. The van der Waals surface area contributed by atoms with Gasteiger partial charge in [-0.3, -0.25) is 14.5 Å². The predicted octanol–water partition coefficient (Wildman–Crippen LogP) is 0.459. The molecule has 0 spiro atoms. The molecule has 20 heavy (non-hydrogen) atoms. The Hall–Kier alpha value is -1.95. The summed E-state index contributed by atoms with van der Waals surface area (Å²) in [7, 11) is 0. The molecule has 1 aromatic carbocycles. The number of rotatable bonds is 4. The fraction of sp³-hybridized carbons (Fsp3) is 0.429. The first kappa shape index (κ1) is 14.5. The van der Waals surface area contributed by atoms with Crippen LogP contribution < -0.4 is 5.73 Å². The summed E-state index contributed by atoms with van der Waals surface area (Å²) >= 11 is 0. The van der Waals surface area contributed by atoms with E-state index >= 15 is 0 Å². The highest BCUT2D eigenvalue weighted by molar-refractivity contribution is 5.94. The Morgan fingerprint density at radius 3 is 2.40 bits per heavy atom. The van der Waals surface area contributed by atoms with Gasteiger partial charge in [0, 0.05) is 39.1 Å². The molecule has 1 saturated heterocycles. The maximum Gasteiger partial charge on any atom is 0.256 e. The van der Waals surface area contributed by atoms with E-state index in [0.717, 1.165) is 0 Å². The molecule has 0 radical (unpaired) electrons. The second-order valence-electron chi connectivity index (χ2n) is 4.83. The van der Waals surface area contributed by atoms with E-state index < -0.39 is 5.82 Å². The zero-order chi connectivity index (χ0) is 14.5. The van der Waals surface area contributed by atoms with Crippen LogP contribution in [0.2, 0.25) is 0 Å². The molecular weight excluding hydrogens is 261 g/mol. The van der Waals surface area contributed by atoms with Crippen LogP contribution in [0.5, 0.6) is 0 Å². The van der Waals surface area contributed by atoms with Crippen molar-refractivity contribution in [1.82, 2.24) is 9.80 Å². The van der Waals surface area contributed by atoms with Gasteiger partial charge in [-0.2, -0.15) is 0 Å². The van der Waals surface area contributed by atoms with Gasteiger partial charge in [-0.25, -0.2) is 4.39 Å². The molecule has 2 amide bonds. The van der Waals surface area contributed by atoms with E-state index in [1.165, 1.54) is 12.1 Å². The van der Waals surface area contributed by atoms with Crippen LogP contribution in [0.4, 0.5) is 4.39 Å². The monoisotopic (exact) mass is 279 g/mol.